The summed E-state index contributed by atoms with van der Waals surface area (Å²) in [5, 5.41) is 8.52. The lowest BCUT2D eigenvalue weighted by Crippen LogP contribution is -2.10. The van der Waals surface area contributed by atoms with Crippen molar-refractivity contribution in [1.82, 2.24) is 10.2 Å². The molecule has 1 aromatic heterocycles. The zero-order valence-corrected chi connectivity index (χ0v) is 20.0. The molecule has 0 N–H and O–H groups in total. The van der Waals surface area contributed by atoms with Gasteiger partial charge in [-0.15, -0.1) is 10.2 Å². The summed E-state index contributed by atoms with van der Waals surface area (Å²) in [7, 11) is 0. The molecule has 5 nitrogen and oxygen atoms in total. The molecule has 0 radical (unpaired) electrons. The summed E-state index contributed by atoms with van der Waals surface area (Å²) in [6.07, 6.45) is 1.23. The summed E-state index contributed by atoms with van der Waals surface area (Å²) in [4.78, 5) is 0. The normalized spacial score (nSPS) is 15.4. The zero-order valence-electron chi connectivity index (χ0n) is 20.0. The molecule has 5 heteroatoms. The van der Waals surface area contributed by atoms with E-state index >= 15 is 0 Å². The van der Waals surface area contributed by atoms with Crippen molar-refractivity contribution >= 4 is 0 Å². The predicted octanol–water partition coefficient (Wildman–Crippen LogP) is 6.33. The van der Waals surface area contributed by atoms with Gasteiger partial charge < -0.3 is 13.9 Å². The third kappa shape index (κ3) is 5.44. The second-order valence-electron chi connectivity index (χ2n) is 9.79. The van der Waals surface area contributed by atoms with E-state index in [1.54, 1.807) is 0 Å². The van der Waals surface area contributed by atoms with E-state index in [1.807, 2.05) is 24.3 Å². The van der Waals surface area contributed by atoms with Gasteiger partial charge >= 0.3 is 0 Å². The van der Waals surface area contributed by atoms with Crippen LogP contribution >= 0.6 is 0 Å². The van der Waals surface area contributed by atoms with Gasteiger partial charge in [-0.1, -0.05) is 69.3 Å². The summed E-state index contributed by atoms with van der Waals surface area (Å²) < 4.78 is 16.8. The monoisotopic (exact) mass is 454 g/mol. The van der Waals surface area contributed by atoms with Gasteiger partial charge in [0.05, 0.1) is 19.8 Å². The van der Waals surface area contributed by atoms with Crippen LogP contribution in [0.15, 0.2) is 77.2 Å². The van der Waals surface area contributed by atoms with Crippen LogP contribution in [-0.2, 0) is 21.3 Å². The van der Waals surface area contributed by atoms with Crippen molar-refractivity contribution in [2.24, 2.45) is 0 Å². The van der Waals surface area contributed by atoms with Crippen LogP contribution in [0, 0.1) is 0 Å². The van der Waals surface area contributed by atoms with E-state index in [0.29, 0.717) is 24.5 Å². The molecule has 3 aromatic carbocycles. The summed E-state index contributed by atoms with van der Waals surface area (Å²) in [5.41, 5.74) is 6.81. The van der Waals surface area contributed by atoms with Crippen LogP contribution in [0.25, 0.3) is 34.0 Å². The van der Waals surface area contributed by atoms with Crippen LogP contribution in [0.2, 0.25) is 0 Å². The number of epoxide rings is 1. The first-order valence-electron chi connectivity index (χ1n) is 11.8. The van der Waals surface area contributed by atoms with Crippen LogP contribution in [0.4, 0.5) is 0 Å². The number of aromatic nitrogens is 2. The van der Waals surface area contributed by atoms with E-state index in [1.165, 1.54) is 16.7 Å². The molecule has 0 amide bonds. The molecule has 4 aromatic rings. The highest BCUT2D eigenvalue weighted by atomic mass is 16.6. The Bertz CT molecular complexity index is 1220. The van der Waals surface area contributed by atoms with Gasteiger partial charge in [-0.05, 0) is 58.4 Å². The predicted molar refractivity (Wildman–Crippen MR) is 134 cm³/mol. The van der Waals surface area contributed by atoms with Gasteiger partial charge in [0.2, 0.25) is 11.8 Å². The van der Waals surface area contributed by atoms with Gasteiger partial charge in [0.1, 0.15) is 6.10 Å². The average Bonchev–Trinajstić information content (AvgIpc) is 3.55. The molecule has 1 saturated heterocycles. The Kier molecular flexibility index (Phi) is 6.31. The van der Waals surface area contributed by atoms with E-state index in [4.69, 9.17) is 13.9 Å². The number of nitrogens with zero attached hydrogens (tertiary/aromatic N) is 2. The van der Waals surface area contributed by atoms with Crippen molar-refractivity contribution in [1.29, 1.82) is 0 Å². The lowest BCUT2D eigenvalue weighted by Gasteiger charge is -2.18. The smallest absolute Gasteiger partial charge is 0.248 e. The third-order valence-electron chi connectivity index (χ3n) is 6.08. The van der Waals surface area contributed by atoms with Crippen LogP contribution in [0.5, 0.6) is 0 Å². The molecule has 5 rings (SSSR count). The van der Waals surface area contributed by atoms with E-state index < -0.39 is 0 Å². The fourth-order valence-electron chi connectivity index (χ4n) is 3.81. The fourth-order valence-corrected chi connectivity index (χ4v) is 3.81. The van der Waals surface area contributed by atoms with Gasteiger partial charge in [0.25, 0.3) is 0 Å². The highest BCUT2D eigenvalue weighted by molar-refractivity contribution is 5.68. The van der Waals surface area contributed by atoms with Gasteiger partial charge in [-0.2, -0.15) is 0 Å². The Morgan fingerprint density at radius 2 is 1.26 bits per heavy atom. The maximum absolute atomic E-state index is 5.97. The number of hydrogen-bond donors (Lipinski definition) is 0. The fraction of sp³-hybridized carbons (Fsp3) is 0.310. The topological polar surface area (TPSA) is 60.7 Å². The van der Waals surface area contributed by atoms with Gasteiger partial charge in [-0.3, -0.25) is 0 Å². The minimum Gasteiger partial charge on any atom is -0.416 e. The molecule has 0 bridgehead atoms. The molecule has 1 aliphatic heterocycles. The molecule has 1 atom stereocenters. The average molecular weight is 455 g/mol. The number of rotatable bonds is 8. The first kappa shape index (κ1) is 22.5. The maximum atomic E-state index is 5.97. The van der Waals surface area contributed by atoms with Gasteiger partial charge in [0, 0.05) is 11.1 Å². The first-order chi connectivity index (χ1) is 16.5. The van der Waals surface area contributed by atoms with Gasteiger partial charge in [-0.25, -0.2) is 0 Å². The summed E-state index contributed by atoms with van der Waals surface area (Å²) in [5.74, 6) is 1.05. The summed E-state index contributed by atoms with van der Waals surface area (Å²) >= 11 is 0. The summed E-state index contributed by atoms with van der Waals surface area (Å²) in [6, 6.07) is 25.2. The lowest BCUT2D eigenvalue weighted by atomic mass is 9.87. The van der Waals surface area contributed by atoms with E-state index in [0.717, 1.165) is 36.3 Å². The van der Waals surface area contributed by atoms with Crippen molar-refractivity contribution in [3.05, 3.63) is 83.9 Å². The molecule has 1 unspecified atom stereocenters. The standard InChI is InChI=1S/C29H30N2O3/c1-29(2,3)25-14-12-24(13-15-25)28-31-30-27(34-28)23-10-8-22(9-11-23)21-6-4-20(5-7-21)16-17-32-18-26-19-33-26/h4-15,26H,16-19H2,1-3H3. The third-order valence-corrected chi connectivity index (χ3v) is 6.08. The second-order valence-corrected chi connectivity index (χ2v) is 9.79. The van der Waals surface area contributed by atoms with E-state index in [-0.39, 0.29) is 5.41 Å². The minimum atomic E-state index is 0.111. The Hall–Kier alpha value is -3.28. The van der Waals surface area contributed by atoms with Gasteiger partial charge in [0.15, 0.2) is 0 Å². The number of benzene rings is 3. The Labute approximate surface area is 200 Å². The molecule has 1 fully saturated rings. The second kappa shape index (κ2) is 9.53. The zero-order chi connectivity index (χ0) is 23.5. The minimum absolute atomic E-state index is 0.111. The maximum Gasteiger partial charge on any atom is 0.248 e. The SMILES string of the molecule is CC(C)(C)c1ccc(-c2nnc(-c3ccc(-c4ccc(CCOCC5CO5)cc4)cc3)o2)cc1. The van der Waals surface area contributed by atoms with Crippen molar-refractivity contribution in [3.63, 3.8) is 0 Å². The Morgan fingerprint density at radius 1 is 0.765 bits per heavy atom. The van der Waals surface area contributed by atoms with Crippen LogP contribution in [0.1, 0.15) is 31.9 Å². The first-order valence-corrected chi connectivity index (χ1v) is 11.8. The lowest BCUT2D eigenvalue weighted by molar-refractivity contribution is 0.119. The quantitative estimate of drug-likeness (QED) is 0.230. The number of ether oxygens (including phenoxy) is 2. The Morgan fingerprint density at radius 3 is 1.79 bits per heavy atom. The molecule has 174 valence electrons. The van der Waals surface area contributed by atoms with Crippen LogP contribution in [0.3, 0.4) is 0 Å². The summed E-state index contributed by atoms with van der Waals surface area (Å²) in [6.45, 7) is 8.87. The van der Waals surface area contributed by atoms with Crippen molar-refractivity contribution < 1.29 is 13.9 Å². The molecular formula is C29H30N2O3. The number of hydrogen-bond acceptors (Lipinski definition) is 5. The van der Waals surface area contributed by atoms with E-state index in [2.05, 4.69) is 79.5 Å². The van der Waals surface area contributed by atoms with Crippen molar-refractivity contribution in [2.75, 3.05) is 19.8 Å². The van der Waals surface area contributed by atoms with Crippen molar-refractivity contribution in [2.45, 2.75) is 38.7 Å². The van der Waals surface area contributed by atoms with Crippen LogP contribution in [-0.4, -0.2) is 36.1 Å². The van der Waals surface area contributed by atoms with E-state index in [9.17, 15) is 0 Å². The molecule has 1 aliphatic rings. The van der Waals surface area contributed by atoms with Crippen LogP contribution < -0.4 is 0 Å². The molecular weight excluding hydrogens is 424 g/mol. The van der Waals surface area contributed by atoms with Crippen molar-refractivity contribution in [3.8, 4) is 34.0 Å². The molecule has 2 heterocycles. The molecule has 0 saturated carbocycles. The molecule has 0 aliphatic carbocycles. The Balaban J connectivity index is 1.22. The highest BCUT2D eigenvalue weighted by Crippen LogP contribution is 2.29. The molecule has 0 spiro atoms. The largest absolute Gasteiger partial charge is 0.416 e. The molecule has 34 heavy (non-hydrogen) atoms. The highest BCUT2D eigenvalue weighted by Gasteiger charge is 2.22.